The second kappa shape index (κ2) is 7.06. The molecule has 21 heavy (non-hydrogen) atoms. The lowest BCUT2D eigenvalue weighted by Gasteiger charge is -2.23. The fourth-order valence-corrected chi connectivity index (χ4v) is 1.64. The van der Waals surface area contributed by atoms with Crippen molar-refractivity contribution in [3.8, 4) is 0 Å². The molecule has 0 fully saturated rings. The number of nitrogens with one attached hydrogen (secondary N) is 3. The van der Waals surface area contributed by atoms with Crippen LogP contribution in [0.5, 0.6) is 0 Å². The van der Waals surface area contributed by atoms with E-state index in [0.29, 0.717) is 11.4 Å². The van der Waals surface area contributed by atoms with Crippen molar-refractivity contribution in [2.75, 3.05) is 11.9 Å². The molecule has 1 aromatic rings. The third-order valence-corrected chi connectivity index (χ3v) is 2.62. The van der Waals surface area contributed by atoms with Crippen LogP contribution < -0.4 is 16.0 Å². The highest BCUT2D eigenvalue weighted by atomic mass is 16.2. The van der Waals surface area contributed by atoms with E-state index in [9.17, 15) is 9.59 Å². The lowest BCUT2D eigenvalue weighted by atomic mass is 10.1. The van der Waals surface area contributed by atoms with Crippen LogP contribution in [-0.4, -0.2) is 34.9 Å². The van der Waals surface area contributed by atoms with Crippen LogP contribution in [0, 0.1) is 0 Å². The van der Waals surface area contributed by atoms with Crippen LogP contribution >= 0.6 is 0 Å². The summed E-state index contributed by atoms with van der Waals surface area (Å²) in [5.74, 6) is 0.183. The van der Waals surface area contributed by atoms with Gasteiger partial charge < -0.3 is 16.0 Å². The highest BCUT2D eigenvalue weighted by molar-refractivity contribution is 5.97. The minimum Gasteiger partial charge on any atom is -0.370 e. The maximum atomic E-state index is 12.0. The van der Waals surface area contributed by atoms with Gasteiger partial charge in [-0.25, -0.2) is 4.98 Å². The predicted molar refractivity (Wildman–Crippen MR) is 83.2 cm³/mol. The minimum absolute atomic E-state index is 0.215. The van der Waals surface area contributed by atoms with Gasteiger partial charge in [-0.2, -0.15) is 0 Å². The number of anilines is 1. The van der Waals surface area contributed by atoms with Gasteiger partial charge in [-0.15, -0.1) is 0 Å². The zero-order chi connectivity index (χ0) is 16.0. The highest BCUT2D eigenvalue weighted by Crippen LogP contribution is 2.05. The summed E-state index contributed by atoms with van der Waals surface area (Å²) in [5, 5.41) is 8.53. The standard InChI is InChI=1S/C15H24N4O2/c1-6-16-12-8-7-11(9-17-12)14(21)18-10(2)13(20)19-15(3,4)5/h7-10H,6H2,1-5H3,(H,16,17)(H,18,21)(H,19,20). The lowest BCUT2D eigenvalue weighted by Crippen LogP contribution is -2.50. The van der Waals surface area contributed by atoms with Gasteiger partial charge in [0, 0.05) is 18.3 Å². The molecule has 0 aliphatic carbocycles. The van der Waals surface area contributed by atoms with Gasteiger partial charge in [-0.1, -0.05) is 0 Å². The second-order valence-electron chi connectivity index (χ2n) is 5.90. The Bertz CT molecular complexity index is 491. The fourth-order valence-electron chi connectivity index (χ4n) is 1.64. The summed E-state index contributed by atoms with van der Waals surface area (Å²) in [5.41, 5.74) is 0.0949. The van der Waals surface area contributed by atoms with E-state index in [1.54, 1.807) is 19.1 Å². The molecule has 0 bridgehead atoms. The Kier molecular flexibility index (Phi) is 5.69. The van der Waals surface area contributed by atoms with Crippen molar-refractivity contribution in [3.05, 3.63) is 23.9 Å². The monoisotopic (exact) mass is 292 g/mol. The van der Waals surface area contributed by atoms with E-state index in [4.69, 9.17) is 0 Å². The molecule has 1 atom stereocenters. The van der Waals surface area contributed by atoms with Gasteiger partial charge in [-0.3, -0.25) is 9.59 Å². The Labute approximate surface area is 125 Å². The van der Waals surface area contributed by atoms with Gasteiger partial charge >= 0.3 is 0 Å². The summed E-state index contributed by atoms with van der Waals surface area (Å²) in [4.78, 5) is 28.1. The van der Waals surface area contributed by atoms with Crippen LogP contribution in [0.15, 0.2) is 18.3 Å². The second-order valence-corrected chi connectivity index (χ2v) is 5.90. The van der Waals surface area contributed by atoms with Crippen molar-refractivity contribution in [2.45, 2.75) is 46.2 Å². The van der Waals surface area contributed by atoms with Crippen LogP contribution in [0.1, 0.15) is 45.0 Å². The largest absolute Gasteiger partial charge is 0.370 e. The molecule has 1 rings (SSSR count). The van der Waals surface area contributed by atoms with E-state index in [2.05, 4.69) is 20.9 Å². The first-order valence-corrected chi connectivity index (χ1v) is 7.05. The minimum atomic E-state index is -0.606. The van der Waals surface area contributed by atoms with Crippen molar-refractivity contribution >= 4 is 17.6 Å². The first-order valence-electron chi connectivity index (χ1n) is 7.05. The van der Waals surface area contributed by atoms with Crippen molar-refractivity contribution in [1.82, 2.24) is 15.6 Å². The van der Waals surface area contributed by atoms with E-state index in [1.807, 2.05) is 27.7 Å². The van der Waals surface area contributed by atoms with E-state index in [-0.39, 0.29) is 17.4 Å². The topological polar surface area (TPSA) is 83.1 Å². The maximum absolute atomic E-state index is 12.0. The number of carbonyl (C=O) groups excluding carboxylic acids is 2. The van der Waals surface area contributed by atoms with Gasteiger partial charge in [0.1, 0.15) is 11.9 Å². The van der Waals surface area contributed by atoms with Crippen LogP contribution in [0.4, 0.5) is 5.82 Å². The molecule has 1 aromatic heterocycles. The Balaban J connectivity index is 2.61. The number of amides is 2. The number of hydrogen-bond donors (Lipinski definition) is 3. The summed E-state index contributed by atoms with van der Waals surface area (Å²) >= 11 is 0. The Hall–Kier alpha value is -2.11. The summed E-state index contributed by atoms with van der Waals surface area (Å²) in [6.45, 7) is 10.1. The van der Waals surface area contributed by atoms with Crippen LogP contribution in [0.2, 0.25) is 0 Å². The number of nitrogens with zero attached hydrogens (tertiary/aromatic N) is 1. The smallest absolute Gasteiger partial charge is 0.253 e. The van der Waals surface area contributed by atoms with E-state index in [1.165, 1.54) is 6.20 Å². The van der Waals surface area contributed by atoms with Gasteiger partial charge in [-0.05, 0) is 46.8 Å². The Morgan fingerprint density at radius 1 is 1.29 bits per heavy atom. The molecule has 0 aliphatic rings. The average Bonchev–Trinajstić information content (AvgIpc) is 2.37. The normalized spacial score (nSPS) is 12.4. The van der Waals surface area contributed by atoms with Crippen molar-refractivity contribution in [3.63, 3.8) is 0 Å². The van der Waals surface area contributed by atoms with Crippen molar-refractivity contribution < 1.29 is 9.59 Å². The van der Waals surface area contributed by atoms with Gasteiger partial charge in [0.25, 0.3) is 5.91 Å². The summed E-state index contributed by atoms with van der Waals surface area (Å²) < 4.78 is 0. The van der Waals surface area contributed by atoms with E-state index < -0.39 is 6.04 Å². The van der Waals surface area contributed by atoms with Crippen molar-refractivity contribution in [1.29, 1.82) is 0 Å². The van der Waals surface area contributed by atoms with E-state index in [0.717, 1.165) is 6.54 Å². The molecule has 0 saturated carbocycles. The molecule has 6 heteroatoms. The van der Waals surface area contributed by atoms with Crippen LogP contribution in [0.3, 0.4) is 0 Å². The third kappa shape index (κ3) is 5.81. The molecule has 116 valence electrons. The molecule has 2 amide bonds. The molecule has 0 aliphatic heterocycles. The SMILES string of the molecule is CCNc1ccc(C(=O)NC(C)C(=O)NC(C)(C)C)cn1. The lowest BCUT2D eigenvalue weighted by molar-refractivity contribution is -0.124. The number of hydrogen-bond acceptors (Lipinski definition) is 4. The van der Waals surface area contributed by atoms with Gasteiger partial charge in [0.15, 0.2) is 0 Å². The molecular weight excluding hydrogens is 268 g/mol. The summed E-state index contributed by atoms with van der Waals surface area (Å²) in [6.07, 6.45) is 1.49. The molecule has 1 heterocycles. The van der Waals surface area contributed by atoms with Crippen molar-refractivity contribution in [2.24, 2.45) is 0 Å². The maximum Gasteiger partial charge on any atom is 0.253 e. The number of rotatable bonds is 5. The summed E-state index contributed by atoms with van der Waals surface area (Å²) in [7, 11) is 0. The fraction of sp³-hybridized carbons (Fsp3) is 0.533. The van der Waals surface area contributed by atoms with Crippen LogP contribution in [-0.2, 0) is 4.79 Å². The quantitative estimate of drug-likeness (QED) is 0.769. The molecule has 0 aromatic carbocycles. The predicted octanol–water partition coefficient (Wildman–Crippen LogP) is 1.55. The van der Waals surface area contributed by atoms with Gasteiger partial charge in [0.2, 0.25) is 5.91 Å². The van der Waals surface area contributed by atoms with Crippen LogP contribution in [0.25, 0.3) is 0 Å². The summed E-state index contributed by atoms with van der Waals surface area (Å²) in [6, 6.07) is 2.80. The van der Waals surface area contributed by atoms with E-state index >= 15 is 0 Å². The third-order valence-electron chi connectivity index (χ3n) is 2.62. The molecular formula is C15H24N4O2. The number of aromatic nitrogens is 1. The molecule has 3 N–H and O–H groups in total. The zero-order valence-electron chi connectivity index (χ0n) is 13.3. The number of carbonyl (C=O) groups is 2. The Morgan fingerprint density at radius 2 is 1.95 bits per heavy atom. The first kappa shape index (κ1) is 16.9. The molecule has 1 unspecified atom stereocenters. The molecule has 0 radical (unpaired) electrons. The first-order chi connectivity index (χ1) is 9.73. The number of pyridine rings is 1. The zero-order valence-corrected chi connectivity index (χ0v) is 13.3. The van der Waals surface area contributed by atoms with Gasteiger partial charge in [0.05, 0.1) is 5.56 Å². The average molecular weight is 292 g/mol. The molecule has 0 spiro atoms. The molecule has 0 saturated heterocycles. The highest BCUT2D eigenvalue weighted by Gasteiger charge is 2.21. The Morgan fingerprint density at radius 3 is 2.43 bits per heavy atom. The molecule has 6 nitrogen and oxygen atoms in total.